The zero-order valence-electron chi connectivity index (χ0n) is 18.6. The van der Waals surface area contributed by atoms with E-state index in [-0.39, 0.29) is 29.7 Å². The van der Waals surface area contributed by atoms with E-state index in [0.717, 1.165) is 6.07 Å². The molecule has 1 atom stereocenters. The molecule has 0 aliphatic carbocycles. The Morgan fingerprint density at radius 2 is 1.62 bits per heavy atom. The molecule has 1 unspecified atom stereocenters. The van der Waals surface area contributed by atoms with E-state index in [1.807, 2.05) is 0 Å². The van der Waals surface area contributed by atoms with E-state index in [1.165, 1.54) is 18.2 Å². The van der Waals surface area contributed by atoms with Crippen molar-refractivity contribution in [2.24, 2.45) is 9.98 Å². The second-order valence-corrected chi connectivity index (χ2v) is 8.22. The van der Waals surface area contributed by atoms with Crippen LogP contribution in [-0.2, 0) is 18.9 Å². The number of hydrogen-bond acceptors (Lipinski definition) is 4. The first kappa shape index (κ1) is 24.5. The topological polar surface area (TPSA) is 53.5 Å². The van der Waals surface area contributed by atoms with Crippen LogP contribution in [-0.4, -0.2) is 38.6 Å². The van der Waals surface area contributed by atoms with Crippen molar-refractivity contribution in [2.75, 3.05) is 0 Å². The monoisotopic (exact) mass is 518 g/mol. The summed E-state index contributed by atoms with van der Waals surface area (Å²) in [5.41, 5.74) is -2.29. The van der Waals surface area contributed by atoms with Gasteiger partial charge in [-0.1, -0.05) is 18.2 Å². The highest BCUT2D eigenvalue weighted by molar-refractivity contribution is 6.21. The summed E-state index contributed by atoms with van der Waals surface area (Å²) in [5, 5.41) is 7.77. The molecule has 0 amide bonds. The van der Waals surface area contributed by atoms with E-state index < -0.39 is 40.9 Å². The molecule has 37 heavy (non-hydrogen) atoms. The van der Waals surface area contributed by atoms with Crippen molar-refractivity contribution in [1.29, 1.82) is 0 Å². The number of alkyl halides is 6. The standard InChI is InChI=1S/C25H15F7N5/c26-19-4-2-1-3-17(19)23-33-21-9-10-37(13-22(21)34-23)12-15-6-8-20(36-35-15)16-7-5-14(24(27,28)29)11-18(16)25(30,31)32/h1-11,13,22H,12H2/q+1. The molecular formula is C25H15F7N5+. The Kier molecular flexibility index (Phi) is 5.97. The Labute approximate surface area is 205 Å². The van der Waals surface area contributed by atoms with Gasteiger partial charge in [-0.25, -0.2) is 19.0 Å². The zero-order valence-corrected chi connectivity index (χ0v) is 18.6. The fourth-order valence-corrected chi connectivity index (χ4v) is 3.90. The number of aromatic nitrogens is 2. The first-order valence-electron chi connectivity index (χ1n) is 10.8. The van der Waals surface area contributed by atoms with Gasteiger partial charge in [0, 0.05) is 11.6 Å². The Bertz CT molecular complexity index is 1480. The van der Waals surface area contributed by atoms with Crippen LogP contribution in [0.4, 0.5) is 30.7 Å². The molecule has 3 aromatic rings. The van der Waals surface area contributed by atoms with Crippen LogP contribution in [0.25, 0.3) is 11.3 Å². The third-order valence-electron chi connectivity index (χ3n) is 5.68. The predicted molar refractivity (Wildman–Crippen MR) is 121 cm³/mol. The fraction of sp³-hybridized carbons (Fsp3) is 0.160. The predicted octanol–water partition coefficient (Wildman–Crippen LogP) is 5.70. The van der Waals surface area contributed by atoms with Crippen molar-refractivity contribution in [3.8, 4) is 11.3 Å². The largest absolute Gasteiger partial charge is 0.417 e. The van der Waals surface area contributed by atoms with Gasteiger partial charge in [0.25, 0.3) is 0 Å². The van der Waals surface area contributed by atoms with Gasteiger partial charge in [-0.2, -0.15) is 31.4 Å². The normalized spacial score (nSPS) is 17.3. The van der Waals surface area contributed by atoms with Gasteiger partial charge in [-0.05, 0) is 36.4 Å². The molecule has 2 aromatic carbocycles. The van der Waals surface area contributed by atoms with Gasteiger partial charge < -0.3 is 0 Å². The third-order valence-corrected chi connectivity index (χ3v) is 5.68. The second-order valence-electron chi connectivity index (χ2n) is 8.22. The van der Waals surface area contributed by atoms with Crippen LogP contribution in [0.15, 0.2) is 76.9 Å². The average molecular weight is 518 g/mol. The molecule has 2 aliphatic rings. The maximum Gasteiger partial charge on any atom is 0.417 e. The lowest BCUT2D eigenvalue weighted by Gasteiger charge is -2.15. The van der Waals surface area contributed by atoms with E-state index in [0.29, 0.717) is 17.5 Å². The first-order valence-corrected chi connectivity index (χ1v) is 10.8. The zero-order chi connectivity index (χ0) is 26.4. The SMILES string of the molecule is Fc1ccccc1C1=NC2C=[N+](Cc3ccc(-c4ccc(C(F)(F)F)cc4C(F)(F)F)nn3)C=CC2=N1. The molecule has 1 aromatic heterocycles. The lowest BCUT2D eigenvalue weighted by Crippen LogP contribution is -2.25. The molecule has 0 N–H and O–H groups in total. The lowest BCUT2D eigenvalue weighted by molar-refractivity contribution is -0.471. The van der Waals surface area contributed by atoms with Gasteiger partial charge >= 0.3 is 12.4 Å². The summed E-state index contributed by atoms with van der Waals surface area (Å²) >= 11 is 0. The van der Waals surface area contributed by atoms with Crippen LogP contribution in [0.5, 0.6) is 0 Å². The van der Waals surface area contributed by atoms with Crippen molar-refractivity contribution in [1.82, 2.24) is 10.2 Å². The summed E-state index contributed by atoms with van der Waals surface area (Å²) in [4.78, 5) is 8.81. The molecule has 0 spiro atoms. The molecule has 5 nitrogen and oxygen atoms in total. The van der Waals surface area contributed by atoms with Crippen molar-refractivity contribution in [3.05, 3.63) is 95.1 Å². The molecule has 3 heterocycles. The minimum atomic E-state index is -5.02. The minimum absolute atomic E-state index is 0.0647. The van der Waals surface area contributed by atoms with Crippen LogP contribution in [0.2, 0.25) is 0 Å². The number of hydrogen-bond donors (Lipinski definition) is 0. The Morgan fingerprint density at radius 3 is 2.30 bits per heavy atom. The van der Waals surface area contributed by atoms with Crippen LogP contribution >= 0.6 is 0 Å². The van der Waals surface area contributed by atoms with Crippen LogP contribution in [0, 0.1) is 5.82 Å². The summed E-state index contributed by atoms with van der Waals surface area (Å²) in [5.74, 6) is -0.177. The highest BCUT2D eigenvalue weighted by atomic mass is 19.4. The first-order chi connectivity index (χ1) is 17.5. The van der Waals surface area contributed by atoms with E-state index in [9.17, 15) is 30.7 Å². The highest BCUT2D eigenvalue weighted by Gasteiger charge is 2.38. The minimum Gasteiger partial charge on any atom is -0.246 e. The Balaban J connectivity index is 1.36. The van der Waals surface area contributed by atoms with Crippen LogP contribution in [0.3, 0.4) is 0 Å². The van der Waals surface area contributed by atoms with E-state index in [2.05, 4.69) is 20.2 Å². The second kappa shape index (κ2) is 9.02. The number of aliphatic imine (C=N–C) groups is 2. The molecule has 5 rings (SSSR count). The molecular weight excluding hydrogens is 503 g/mol. The van der Waals surface area contributed by atoms with E-state index >= 15 is 0 Å². The van der Waals surface area contributed by atoms with Crippen LogP contribution < -0.4 is 0 Å². The summed E-state index contributed by atoms with van der Waals surface area (Å²) in [6.45, 7) is 0.192. The van der Waals surface area contributed by atoms with Crippen LogP contribution in [0.1, 0.15) is 22.4 Å². The van der Waals surface area contributed by atoms with Gasteiger partial charge in [0.2, 0.25) is 0 Å². The maximum atomic E-state index is 14.1. The Morgan fingerprint density at radius 1 is 0.838 bits per heavy atom. The average Bonchev–Trinajstić information content (AvgIpc) is 3.26. The molecule has 12 heteroatoms. The number of nitrogens with zero attached hydrogens (tertiary/aromatic N) is 5. The number of amidine groups is 1. The fourth-order valence-electron chi connectivity index (χ4n) is 3.90. The molecule has 0 saturated heterocycles. The third kappa shape index (κ3) is 5.04. The molecule has 2 aliphatic heterocycles. The van der Waals surface area contributed by atoms with Gasteiger partial charge in [-0.15, -0.1) is 5.10 Å². The molecule has 0 saturated carbocycles. The quantitative estimate of drug-likeness (QED) is 0.329. The molecule has 0 bridgehead atoms. The molecule has 0 radical (unpaired) electrons. The van der Waals surface area contributed by atoms with Crippen molar-refractivity contribution in [2.45, 2.75) is 24.9 Å². The Hall–Kier alpha value is -4.22. The summed E-state index contributed by atoms with van der Waals surface area (Å²) < 4.78 is 95.0. The lowest BCUT2D eigenvalue weighted by atomic mass is 10.00. The van der Waals surface area contributed by atoms with Crippen molar-refractivity contribution < 1.29 is 35.3 Å². The van der Waals surface area contributed by atoms with E-state index in [1.54, 1.807) is 41.3 Å². The maximum absolute atomic E-state index is 14.1. The number of benzene rings is 2. The van der Waals surface area contributed by atoms with Gasteiger partial charge in [0.05, 0.1) is 28.1 Å². The number of rotatable bonds is 4. The number of halogens is 7. The highest BCUT2D eigenvalue weighted by Crippen LogP contribution is 2.40. The molecule has 188 valence electrons. The smallest absolute Gasteiger partial charge is 0.246 e. The van der Waals surface area contributed by atoms with Gasteiger partial charge in [0.15, 0.2) is 30.8 Å². The van der Waals surface area contributed by atoms with Gasteiger partial charge in [0.1, 0.15) is 11.5 Å². The number of fused-ring (bicyclic) bond motifs is 1. The molecule has 0 fully saturated rings. The summed E-state index contributed by atoms with van der Waals surface area (Å²) in [7, 11) is 0. The van der Waals surface area contributed by atoms with Crippen molar-refractivity contribution in [3.63, 3.8) is 0 Å². The van der Waals surface area contributed by atoms with E-state index in [4.69, 9.17) is 0 Å². The summed E-state index contributed by atoms with van der Waals surface area (Å²) in [6, 6.07) is 9.77. The van der Waals surface area contributed by atoms with Gasteiger partial charge in [-0.3, -0.25) is 0 Å². The summed E-state index contributed by atoms with van der Waals surface area (Å²) in [6.07, 6.45) is -4.80. The van der Waals surface area contributed by atoms with Crippen molar-refractivity contribution >= 4 is 17.8 Å².